The minimum absolute atomic E-state index is 0.239. The van der Waals surface area contributed by atoms with Crippen LogP contribution >= 0.6 is 11.8 Å². The predicted molar refractivity (Wildman–Crippen MR) is 88.2 cm³/mol. The van der Waals surface area contributed by atoms with Crippen molar-refractivity contribution in [3.05, 3.63) is 40.8 Å². The van der Waals surface area contributed by atoms with Crippen LogP contribution in [0.4, 0.5) is 0 Å². The number of rotatable bonds is 3. The van der Waals surface area contributed by atoms with Gasteiger partial charge in [-0.15, -0.1) is 11.8 Å². The monoisotopic (exact) mass is 285 g/mol. The first kappa shape index (κ1) is 13.4. The summed E-state index contributed by atoms with van der Waals surface area (Å²) in [6, 6.07) is 8.72. The molecule has 4 heteroatoms. The normalized spacial score (nSPS) is 26.3. The molecule has 3 rings (SSSR count). The quantitative estimate of drug-likeness (QED) is 0.923. The Labute approximate surface area is 124 Å². The van der Waals surface area contributed by atoms with E-state index in [-0.39, 0.29) is 11.3 Å². The van der Waals surface area contributed by atoms with Gasteiger partial charge < -0.3 is 5.32 Å². The van der Waals surface area contributed by atoms with Crippen LogP contribution in [-0.2, 0) is 0 Å². The Hall–Kier alpha value is -1.55. The Morgan fingerprint density at radius 2 is 2.10 bits per heavy atom. The van der Waals surface area contributed by atoms with Gasteiger partial charge in [-0.2, -0.15) is 0 Å². The number of fused-ring (bicyclic) bond motifs is 1. The number of amidine groups is 1. The van der Waals surface area contributed by atoms with Crippen LogP contribution in [0.5, 0.6) is 0 Å². The third-order valence-corrected chi connectivity index (χ3v) is 4.64. The lowest BCUT2D eigenvalue weighted by molar-refractivity contribution is 0.782. The van der Waals surface area contributed by atoms with E-state index in [1.54, 1.807) is 18.1 Å². The summed E-state index contributed by atoms with van der Waals surface area (Å²) < 4.78 is 0. The second kappa shape index (κ2) is 5.83. The van der Waals surface area contributed by atoms with Crippen LogP contribution in [0.15, 0.2) is 39.7 Å². The first-order valence-corrected chi connectivity index (χ1v) is 7.99. The number of aryl methyl sites for hydroxylation is 1. The molecule has 0 spiro atoms. The maximum Gasteiger partial charge on any atom is 0.115 e. The zero-order chi connectivity index (χ0) is 13.9. The highest BCUT2D eigenvalue weighted by molar-refractivity contribution is 8.03. The Balaban J connectivity index is 1.92. The third kappa shape index (κ3) is 2.52. The molecular weight excluding hydrogens is 266 g/mol. The molecule has 2 aliphatic heterocycles. The molecule has 2 atom stereocenters. The van der Waals surface area contributed by atoms with E-state index in [0.29, 0.717) is 0 Å². The van der Waals surface area contributed by atoms with Crippen LogP contribution < -0.4 is 5.32 Å². The van der Waals surface area contributed by atoms with Crippen LogP contribution in [0.25, 0.3) is 5.57 Å². The van der Waals surface area contributed by atoms with E-state index >= 15 is 0 Å². The molecule has 0 fully saturated rings. The number of benzene rings is 1. The van der Waals surface area contributed by atoms with Gasteiger partial charge in [0.25, 0.3) is 0 Å². The number of hydrogen-bond acceptors (Lipinski definition) is 3. The Bertz CT molecular complexity index is 572. The molecule has 0 saturated carbocycles. The fraction of sp³-hybridized carbons (Fsp3) is 0.375. The summed E-state index contributed by atoms with van der Waals surface area (Å²) in [5, 5.41) is 5.72. The van der Waals surface area contributed by atoms with Gasteiger partial charge in [-0.1, -0.05) is 36.8 Å². The average molecular weight is 285 g/mol. The summed E-state index contributed by atoms with van der Waals surface area (Å²) in [5.74, 6) is 1.32. The number of thioether (sulfide) groups is 1. The zero-order valence-electron chi connectivity index (χ0n) is 11.8. The minimum atomic E-state index is 0.239. The lowest BCUT2D eigenvalue weighted by Crippen LogP contribution is -2.39. The summed E-state index contributed by atoms with van der Waals surface area (Å²) in [5.41, 5.74) is 3.90. The van der Waals surface area contributed by atoms with Crippen LogP contribution in [0.2, 0.25) is 0 Å². The average Bonchev–Trinajstić information content (AvgIpc) is 2.90. The van der Waals surface area contributed by atoms with Gasteiger partial charge in [0.05, 0.1) is 12.3 Å². The summed E-state index contributed by atoms with van der Waals surface area (Å²) >= 11 is 1.79. The Kier molecular flexibility index (Phi) is 3.92. The molecule has 0 unspecified atom stereocenters. The standard InChI is InChI=1S/C16H19N3S/c1-3-8-17-15-14-13(9-20-16(14)19-10-18-15)12-6-4-11(2)5-7-12/h4-7,9-10,14,16H,3,8H2,1-2H3,(H,17,18,19)/t14-,16-/m1/s1. The number of nitrogens with one attached hydrogen (secondary N) is 1. The van der Waals surface area contributed by atoms with Crippen molar-refractivity contribution in [3.63, 3.8) is 0 Å². The fourth-order valence-electron chi connectivity index (χ4n) is 2.49. The molecule has 2 heterocycles. The van der Waals surface area contributed by atoms with Gasteiger partial charge in [-0.3, -0.25) is 9.98 Å². The summed E-state index contributed by atoms with van der Waals surface area (Å²) in [4.78, 5) is 9.23. The highest BCUT2D eigenvalue weighted by Crippen LogP contribution is 2.43. The van der Waals surface area contributed by atoms with E-state index in [0.717, 1.165) is 18.8 Å². The molecule has 1 aromatic rings. The van der Waals surface area contributed by atoms with E-state index in [1.165, 1.54) is 16.7 Å². The van der Waals surface area contributed by atoms with Crippen molar-refractivity contribution in [2.75, 3.05) is 6.54 Å². The smallest absolute Gasteiger partial charge is 0.115 e. The molecule has 0 aromatic heterocycles. The minimum Gasteiger partial charge on any atom is -0.335 e. The van der Waals surface area contributed by atoms with Gasteiger partial charge in [0.2, 0.25) is 0 Å². The van der Waals surface area contributed by atoms with Gasteiger partial charge in [0, 0.05) is 6.54 Å². The molecule has 0 bridgehead atoms. The molecule has 1 N–H and O–H groups in total. The lowest BCUT2D eigenvalue weighted by Gasteiger charge is -2.25. The third-order valence-electron chi connectivity index (χ3n) is 3.57. The molecule has 0 amide bonds. The second-order valence-corrected chi connectivity index (χ2v) is 6.12. The first-order valence-electron chi connectivity index (χ1n) is 7.04. The molecule has 104 valence electrons. The molecule has 0 saturated heterocycles. The van der Waals surface area contributed by atoms with Crippen molar-refractivity contribution in [1.82, 2.24) is 5.32 Å². The topological polar surface area (TPSA) is 36.8 Å². The highest BCUT2D eigenvalue weighted by atomic mass is 32.2. The van der Waals surface area contributed by atoms with Gasteiger partial charge in [-0.05, 0) is 29.9 Å². The molecule has 3 nitrogen and oxygen atoms in total. The summed E-state index contributed by atoms with van der Waals surface area (Å²) in [7, 11) is 0. The molecule has 1 aromatic carbocycles. The summed E-state index contributed by atoms with van der Waals surface area (Å²) in [6.45, 7) is 5.13. The van der Waals surface area contributed by atoms with Gasteiger partial charge in [0.1, 0.15) is 11.2 Å². The maximum absolute atomic E-state index is 4.70. The lowest BCUT2D eigenvalue weighted by atomic mass is 9.91. The van der Waals surface area contributed by atoms with Gasteiger partial charge in [0.15, 0.2) is 0 Å². The fourth-order valence-corrected chi connectivity index (χ4v) is 3.62. The van der Waals surface area contributed by atoms with Crippen molar-refractivity contribution in [2.24, 2.45) is 15.9 Å². The number of nitrogens with zero attached hydrogens (tertiary/aromatic N) is 2. The predicted octanol–water partition coefficient (Wildman–Crippen LogP) is 3.47. The van der Waals surface area contributed by atoms with Crippen LogP contribution in [0.3, 0.4) is 0 Å². The molecule has 0 aliphatic carbocycles. The second-order valence-electron chi connectivity index (χ2n) is 5.13. The van der Waals surface area contributed by atoms with Gasteiger partial charge >= 0.3 is 0 Å². The molecule has 0 radical (unpaired) electrons. The zero-order valence-corrected chi connectivity index (χ0v) is 12.7. The SMILES string of the molecule is CCCN=C1NC=N[C@@H]2SC=C(c3ccc(C)cc3)[C@H]12. The summed E-state index contributed by atoms with van der Waals surface area (Å²) in [6.07, 6.45) is 2.85. The van der Waals surface area contributed by atoms with Crippen molar-refractivity contribution in [1.29, 1.82) is 0 Å². The largest absolute Gasteiger partial charge is 0.335 e. The Morgan fingerprint density at radius 1 is 1.30 bits per heavy atom. The van der Waals surface area contributed by atoms with Crippen LogP contribution in [0, 0.1) is 12.8 Å². The van der Waals surface area contributed by atoms with Crippen molar-refractivity contribution >= 4 is 29.5 Å². The van der Waals surface area contributed by atoms with E-state index < -0.39 is 0 Å². The first-order chi connectivity index (χ1) is 9.79. The molecular formula is C16H19N3S. The van der Waals surface area contributed by atoms with Crippen LogP contribution in [0.1, 0.15) is 24.5 Å². The van der Waals surface area contributed by atoms with Gasteiger partial charge in [-0.25, -0.2) is 0 Å². The molecule has 20 heavy (non-hydrogen) atoms. The highest BCUT2D eigenvalue weighted by Gasteiger charge is 2.36. The van der Waals surface area contributed by atoms with Crippen molar-refractivity contribution < 1.29 is 0 Å². The van der Waals surface area contributed by atoms with Crippen LogP contribution in [-0.4, -0.2) is 24.1 Å². The maximum atomic E-state index is 4.70. The Morgan fingerprint density at radius 3 is 2.85 bits per heavy atom. The van der Waals surface area contributed by atoms with E-state index in [9.17, 15) is 0 Å². The van der Waals surface area contributed by atoms with E-state index in [4.69, 9.17) is 4.99 Å². The van der Waals surface area contributed by atoms with Crippen molar-refractivity contribution in [3.8, 4) is 0 Å². The van der Waals surface area contributed by atoms with Crippen molar-refractivity contribution in [2.45, 2.75) is 25.6 Å². The van der Waals surface area contributed by atoms with E-state index in [2.05, 4.69) is 53.8 Å². The van der Waals surface area contributed by atoms with E-state index in [1.807, 2.05) is 0 Å². The number of hydrogen-bond donors (Lipinski definition) is 1. The number of aliphatic imine (C=N–C) groups is 2. The molecule has 2 aliphatic rings.